The van der Waals surface area contributed by atoms with E-state index < -0.39 is 11.6 Å². The van der Waals surface area contributed by atoms with Crippen LogP contribution in [0.1, 0.15) is 45.5 Å². The zero-order chi connectivity index (χ0) is 27.5. The quantitative estimate of drug-likeness (QED) is 0.301. The highest BCUT2D eigenvalue weighted by Crippen LogP contribution is 2.45. The van der Waals surface area contributed by atoms with Crippen molar-refractivity contribution >= 4 is 23.1 Å². The van der Waals surface area contributed by atoms with Gasteiger partial charge in [0.25, 0.3) is 5.91 Å². The van der Waals surface area contributed by atoms with E-state index in [1.54, 1.807) is 11.3 Å². The van der Waals surface area contributed by atoms with Gasteiger partial charge in [-0.15, -0.1) is 11.3 Å². The molecule has 3 heterocycles. The molecule has 1 aromatic heterocycles. The van der Waals surface area contributed by atoms with E-state index in [-0.39, 0.29) is 12.5 Å². The van der Waals surface area contributed by atoms with Crippen LogP contribution in [0.4, 0.5) is 0 Å². The van der Waals surface area contributed by atoms with E-state index in [2.05, 4.69) is 17.1 Å². The number of ether oxygens (including phenoxy) is 2. The second-order valence-corrected chi connectivity index (χ2v) is 11.2. The number of hydrogen-bond donors (Lipinski definition) is 1. The molecule has 1 amide bonds. The van der Waals surface area contributed by atoms with Crippen LogP contribution >= 0.6 is 11.3 Å². The summed E-state index contributed by atoms with van der Waals surface area (Å²) >= 11 is 1.59. The molecule has 0 saturated heterocycles. The van der Waals surface area contributed by atoms with Crippen LogP contribution in [0.15, 0.2) is 89.2 Å². The first kappa shape index (κ1) is 26.2. The second kappa shape index (κ2) is 11.2. The number of aryl methyl sites for hydroxylation is 1. The molecule has 1 spiro atoms. The molecule has 2 aliphatic heterocycles. The van der Waals surface area contributed by atoms with E-state index in [1.807, 2.05) is 83.9 Å². The van der Waals surface area contributed by atoms with Gasteiger partial charge in [0.1, 0.15) is 5.75 Å². The normalized spacial score (nSPS) is 20.1. The van der Waals surface area contributed by atoms with Gasteiger partial charge in [0.15, 0.2) is 11.6 Å². The van der Waals surface area contributed by atoms with Gasteiger partial charge in [-0.25, -0.2) is 9.98 Å². The Balaban J connectivity index is 1.43. The summed E-state index contributed by atoms with van der Waals surface area (Å²) in [5.41, 5.74) is 3.59. The molecular weight excluding hydrogens is 522 g/mol. The predicted molar refractivity (Wildman–Crippen MR) is 154 cm³/mol. The highest BCUT2D eigenvalue weighted by Gasteiger charge is 2.56. The largest absolute Gasteiger partial charge is 0.494 e. The average Bonchev–Trinajstić information content (AvgIpc) is 3.55. The van der Waals surface area contributed by atoms with Crippen molar-refractivity contribution in [1.29, 1.82) is 0 Å². The zero-order valence-corrected chi connectivity index (χ0v) is 23.1. The first-order chi connectivity index (χ1) is 19.6. The number of aromatic nitrogens is 1. The maximum atomic E-state index is 14.7. The number of rotatable bonds is 8. The Kier molecular flexibility index (Phi) is 7.36. The Bertz CT molecular complexity index is 1520. The molecule has 4 aromatic rings. The third-order valence-corrected chi connectivity index (χ3v) is 8.18. The molecule has 8 heteroatoms. The minimum Gasteiger partial charge on any atom is -0.494 e. The van der Waals surface area contributed by atoms with Gasteiger partial charge in [0, 0.05) is 36.9 Å². The third-order valence-electron chi connectivity index (χ3n) is 7.36. The number of fused-ring (bicyclic) bond motifs is 1. The summed E-state index contributed by atoms with van der Waals surface area (Å²) in [6.07, 6.45) is 0.405. The second-order valence-electron chi connectivity index (χ2n) is 10.2. The topological polar surface area (TPSA) is 84.2 Å². The first-order valence-corrected chi connectivity index (χ1v) is 14.4. The summed E-state index contributed by atoms with van der Waals surface area (Å²) in [5, 5.41) is 12.0. The maximum absolute atomic E-state index is 14.7. The molecule has 0 bridgehead atoms. The van der Waals surface area contributed by atoms with Crippen molar-refractivity contribution in [3.05, 3.63) is 117 Å². The maximum Gasteiger partial charge on any atom is 0.255 e. The number of thiazole rings is 1. The van der Waals surface area contributed by atoms with Gasteiger partial charge < -0.3 is 19.5 Å². The molecule has 0 fully saturated rings. The lowest BCUT2D eigenvalue weighted by molar-refractivity contribution is -0.140. The fourth-order valence-electron chi connectivity index (χ4n) is 5.43. The monoisotopic (exact) mass is 553 g/mol. The number of carbonyl (C=O) groups excluding carboxylic acids is 1. The summed E-state index contributed by atoms with van der Waals surface area (Å²) in [5.74, 6) is 1.07. The highest BCUT2D eigenvalue weighted by molar-refractivity contribution is 7.09. The van der Waals surface area contributed by atoms with E-state index in [0.717, 1.165) is 33.0 Å². The molecule has 7 nitrogen and oxygen atoms in total. The van der Waals surface area contributed by atoms with Crippen LogP contribution in [0, 0.1) is 6.92 Å². The van der Waals surface area contributed by atoms with Crippen LogP contribution in [-0.2, 0) is 29.0 Å². The van der Waals surface area contributed by atoms with Crippen molar-refractivity contribution < 1.29 is 19.4 Å². The molecule has 0 radical (unpaired) electrons. The Labute approximate surface area is 237 Å². The third kappa shape index (κ3) is 5.12. The highest BCUT2D eigenvalue weighted by atomic mass is 32.1. The summed E-state index contributed by atoms with van der Waals surface area (Å²) in [4.78, 5) is 26.4. The fraction of sp³-hybridized carbons (Fsp3) is 0.281. The number of aliphatic hydroxyl groups excluding tert-OH is 1. The molecule has 0 unspecified atom stereocenters. The molecular formula is C32H31N3O4S. The number of benzene rings is 3. The summed E-state index contributed by atoms with van der Waals surface area (Å²) in [7, 11) is 0. The van der Waals surface area contributed by atoms with Crippen molar-refractivity contribution in [2.45, 2.75) is 44.5 Å². The van der Waals surface area contributed by atoms with Crippen LogP contribution in [0.3, 0.4) is 0 Å². The van der Waals surface area contributed by atoms with Crippen LogP contribution in [-0.4, -0.2) is 45.5 Å². The number of aliphatic hydroxyl groups is 1. The molecule has 6 rings (SSSR count). The van der Waals surface area contributed by atoms with Crippen LogP contribution in [0.5, 0.6) is 5.75 Å². The van der Waals surface area contributed by atoms with Gasteiger partial charge in [-0.05, 0) is 47.9 Å². The number of nitrogens with zero attached hydrogens (tertiary/aromatic N) is 3. The smallest absolute Gasteiger partial charge is 0.255 e. The Morgan fingerprint density at radius 1 is 1.05 bits per heavy atom. The minimum atomic E-state index is -1.18. The first-order valence-electron chi connectivity index (χ1n) is 13.5. The van der Waals surface area contributed by atoms with E-state index in [1.165, 1.54) is 0 Å². The van der Waals surface area contributed by atoms with Crippen LogP contribution < -0.4 is 4.74 Å². The Morgan fingerprint density at radius 2 is 1.80 bits per heavy atom. The lowest BCUT2D eigenvalue weighted by Crippen LogP contribution is -2.49. The molecule has 3 aromatic carbocycles. The van der Waals surface area contributed by atoms with E-state index in [4.69, 9.17) is 19.6 Å². The van der Waals surface area contributed by atoms with Gasteiger partial charge in [0.05, 0.1) is 23.9 Å². The van der Waals surface area contributed by atoms with Crippen molar-refractivity contribution in [2.75, 3.05) is 13.2 Å². The van der Waals surface area contributed by atoms with Crippen LogP contribution in [0.25, 0.3) is 0 Å². The lowest BCUT2D eigenvalue weighted by atomic mass is 9.82. The molecule has 0 saturated carbocycles. The number of hydrogen-bond acceptors (Lipinski definition) is 7. The molecule has 204 valence electrons. The van der Waals surface area contributed by atoms with Gasteiger partial charge in [0.2, 0.25) is 5.90 Å². The van der Waals surface area contributed by atoms with Gasteiger partial charge >= 0.3 is 0 Å². The van der Waals surface area contributed by atoms with Crippen molar-refractivity contribution in [2.24, 2.45) is 4.99 Å². The average molecular weight is 554 g/mol. The molecule has 2 atom stereocenters. The standard InChI is InChI=1S/C32H31N3O4S/c1-22-33-27(21-40-22)20-35-19-26-11-6-5-10-25(26)18-32(31(35)37)29(23-8-3-2-4-9-23)39-30(34-32)24-12-14-28(15-13-24)38-17-7-16-36/h2-6,8-15,21,29,36H,7,16-20H2,1H3/t29-,32-/m1/s1. The van der Waals surface area contributed by atoms with E-state index in [0.29, 0.717) is 44.2 Å². The van der Waals surface area contributed by atoms with Crippen LogP contribution in [0.2, 0.25) is 0 Å². The molecule has 2 aliphatic rings. The van der Waals surface area contributed by atoms with Gasteiger partial charge in [-0.2, -0.15) is 0 Å². The van der Waals surface area contributed by atoms with Crippen molar-refractivity contribution in [3.63, 3.8) is 0 Å². The molecule has 1 N–H and O–H groups in total. The zero-order valence-electron chi connectivity index (χ0n) is 22.3. The lowest BCUT2D eigenvalue weighted by Gasteiger charge is -2.33. The number of carbonyl (C=O) groups is 1. The molecule has 0 aliphatic carbocycles. The fourth-order valence-corrected chi connectivity index (χ4v) is 6.03. The molecule has 40 heavy (non-hydrogen) atoms. The summed E-state index contributed by atoms with van der Waals surface area (Å²) in [6.45, 7) is 3.40. The van der Waals surface area contributed by atoms with Crippen molar-refractivity contribution in [3.8, 4) is 5.75 Å². The van der Waals surface area contributed by atoms with Gasteiger partial charge in [-0.3, -0.25) is 4.79 Å². The number of aliphatic imine (C=N–C) groups is 1. The van der Waals surface area contributed by atoms with Gasteiger partial charge in [-0.1, -0.05) is 54.6 Å². The van der Waals surface area contributed by atoms with Crippen molar-refractivity contribution in [1.82, 2.24) is 9.88 Å². The Hall–Kier alpha value is -4.01. The number of amides is 1. The summed E-state index contributed by atoms with van der Waals surface area (Å²) < 4.78 is 12.3. The minimum absolute atomic E-state index is 0.0674. The predicted octanol–water partition coefficient (Wildman–Crippen LogP) is 5.25. The van der Waals surface area contributed by atoms with E-state index >= 15 is 0 Å². The summed E-state index contributed by atoms with van der Waals surface area (Å²) in [6, 6.07) is 25.6. The Morgan fingerprint density at radius 3 is 2.52 bits per heavy atom. The van der Waals surface area contributed by atoms with E-state index in [9.17, 15) is 4.79 Å². The SMILES string of the molecule is Cc1nc(CN2Cc3ccccc3C[C@]3(N=C(c4ccc(OCCCO)cc4)O[C@@H]3c3ccccc3)C2=O)cs1.